The van der Waals surface area contributed by atoms with Crippen LogP contribution in [0.3, 0.4) is 0 Å². The van der Waals surface area contributed by atoms with Gasteiger partial charge in [0.1, 0.15) is 0 Å². The van der Waals surface area contributed by atoms with Gasteiger partial charge >= 0.3 is 0 Å². The lowest BCUT2D eigenvalue weighted by Gasteiger charge is -2.30. The van der Waals surface area contributed by atoms with Gasteiger partial charge in [-0.2, -0.15) is 0 Å². The van der Waals surface area contributed by atoms with E-state index in [1.165, 1.54) is 24.8 Å². The van der Waals surface area contributed by atoms with Crippen molar-refractivity contribution in [3.8, 4) is 0 Å². The number of rotatable bonds is 5. The molecular formula is C18H28Cl3N3O. The van der Waals surface area contributed by atoms with Crippen LogP contribution in [0.1, 0.15) is 43.7 Å². The Hall–Kier alpha value is -0.520. The highest BCUT2D eigenvalue weighted by atomic mass is 35.5. The molecule has 2 unspecified atom stereocenters. The predicted octanol–water partition coefficient (Wildman–Crippen LogP) is 3.58. The van der Waals surface area contributed by atoms with Crippen molar-refractivity contribution in [1.82, 2.24) is 15.5 Å². The average Bonchev–Trinajstić information content (AvgIpc) is 3.10. The van der Waals surface area contributed by atoms with Crippen LogP contribution in [0.2, 0.25) is 5.02 Å². The third kappa shape index (κ3) is 6.30. The van der Waals surface area contributed by atoms with Crippen molar-refractivity contribution in [1.29, 1.82) is 0 Å². The summed E-state index contributed by atoms with van der Waals surface area (Å²) in [5, 5.41) is 7.23. The molecule has 2 saturated heterocycles. The smallest absolute Gasteiger partial charge is 0.237 e. The molecule has 1 aromatic carbocycles. The van der Waals surface area contributed by atoms with E-state index in [1.807, 2.05) is 18.2 Å². The molecule has 7 heteroatoms. The Morgan fingerprint density at radius 3 is 2.64 bits per heavy atom. The number of carbonyl (C=O) groups excluding carboxylic acids is 1. The Labute approximate surface area is 167 Å². The maximum atomic E-state index is 12.4. The number of amides is 1. The zero-order valence-corrected chi connectivity index (χ0v) is 16.8. The Kier molecular flexibility index (Phi) is 10.1. The van der Waals surface area contributed by atoms with Gasteiger partial charge in [-0.3, -0.25) is 9.69 Å². The van der Waals surface area contributed by atoms with E-state index in [-0.39, 0.29) is 42.8 Å². The SMILES string of the molecule is Cl.Cl.O=C(NCC(c1cccc(Cl)c1)N1CCCC1)C1CCCCN1. The summed E-state index contributed by atoms with van der Waals surface area (Å²) in [5.74, 6) is 0.135. The van der Waals surface area contributed by atoms with Crippen molar-refractivity contribution in [2.24, 2.45) is 0 Å². The topological polar surface area (TPSA) is 44.4 Å². The van der Waals surface area contributed by atoms with E-state index in [4.69, 9.17) is 11.6 Å². The summed E-state index contributed by atoms with van der Waals surface area (Å²) in [4.78, 5) is 14.9. The van der Waals surface area contributed by atoms with Gasteiger partial charge in [0, 0.05) is 11.6 Å². The maximum Gasteiger partial charge on any atom is 0.237 e. The molecule has 2 fully saturated rings. The first-order valence-corrected chi connectivity index (χ1v) is 9.12. The first kappa shape index (κ1) is 22.5. The molecule has 2 aliphatic rings. The second-order valence-corrected chi connectivity index (χ2v) is 7.00. The molecule has 3 rings (SSSR count). The fourth-order valence-corrected chi connectivity index (χ4v) is 3.82. The summed E-state index contributed by atoms with van der Waals surface area (Å²) in [6.45, 7) is 3.78. The Bertz CT molecular complexity index is 532. The number of nitrogens with zero attached hydrogens (tertiary/aromatic N) is 1. The monoisotopic (exact) mass is 407 g/mol. The van der Waals surface area contributed by atoms with Crippen molar-refractivity contribution in [2.75, 3.05) is 26.2 Å². The summed E-state index contributed by atoms with van der Waals surface area (Å²) < 4.78 is 0. The summed E-state index contributed by atoms with van der Waals surface area (Å²) in [6.07, 6.45) is 5.71. The minimum Gasteiger partial charge on any atom is -0.353 e. The lowest BCUT2D eigenvalue weighted by atomic mass is 10.0. The van der Waals surface area contributed by atoms with Crippen LogP contribution < -0.4 is 10.6 Å². The standard InChI is InChI=1S/C18H26ClN3O.2ClH/c19-15-7-5-6-14(12-15)17(22-10-3-4-11-22)13-21-18(23)16-8-1-2-9-20-16;;/h5-7,12,16-17,20H,1-4,8-11,13H2,(H,21,23);2*1H. The van der Waals surface area contributed by atoms with Crippen molar-refractivity contribution in [3.05, 3.63) is 34.9 Å². The van der Waals surface area contributed by atoms with Crippen LogP contribution in [0.4, 0.5) is 0 Å². The maximum absolute atomic E-state index is 12.4. The molecule has 2 N–H and O–H groups in total. The van der Waals surface area contributed by atoms with Crippen LogP contribution in [0, 0.1) is 0 Å². The lowest BCUT2D eigenvalue weighted by molar-refractivity contribution is -0.123. The molecule has 4 nitrogen and oxygen atoms in total. The number of piperidine rings is 1. The number of carbonyl (C=O) groups is 1. The van der Waals surface area contributed by atoms with Crippen LogP contribution in [-0.2, 0) is 4.79 Å². The first-order valence-electron chi connectivity index (χ1n) is 8.74. The third-order valence-electron chi connectivity index (χ3n) is 4.91. The van der Waals surface area contributed by atoms with E-state index in [1.54, 1.807) is 0 Å². The number of hydrogen-bond acceptors (Lipinski definition) is 3. The highest BCUT2D eigenvalue weighted by Crippen LogP contribution is 2.26. The molecule has 0 aliphatic carbocycles. The van der Waals surface area contributed by atoms with Gasteiger partial charge in [-0.15, -0.1) is 24.8 Å². The highest BCUT2D eigenvalue weighted by molar-refractivity contribution is 6.30. The molecule has 2 atom stereocenters. The van der Waals surface area contributed by atoms with Gasteiger partial charge in [-0.1, -0.05) is 30.2 Å². The van der Waals surface area contributed by atoms with Crippen molar-refractivity contribution < 1.29 is 4.79 Å². The summed E-state index contributed by atoms with van der Waals surface area (Å²) in [6, 6.07) is 8.21. The van der Waals surface area contributed by atoms with E-state index in [9.17, 15) is 4.79 Å². The molecular weight excluding hydrogens is 381 g/mol. The molecule has 1 amide bonds. The van der Waals surface area contributed by atoms with Gasteiger partial charge in [0.15, 0.2) is 0 Å². The van der Waals surface area contributed by atoms with Gasteiger partial charge in [-0.25, -0.2) is 0 Å². The molecule has 0 spiro atoms. The van der Waals surface area contributed by atoms with Gasteiger partial charge in [0.2, 0.25) is 5.91 Å². The summed E-state index contributed by atoms with van der Waals surface area (Å²) in [5.41, 5.74) is 1.19. The highest BCUT2D eigenvalue weighted by Gasteiger charge is 2.26. The minimum atomic E-state index is -0.0256. The molecule has 0 saturated carbocycles. The summed E-state index contributed by atoms with van der Waals surface area (Å²) in [7, 11) is 0. The zero-order chi connectivity index (χ0) is 16.1. The zero-order valence-electron chi connectivity index (χ0n) is 14.4. The second kappa shape index (κ2) is 11.2. The molecule has 2 aliphatic heterocycles. The van der Waals surface area contributed by atoms with Gasteiger partial charge in [0.25, 0.3) is 0 Å². The number of halogens is 3. The van der Waals surface area contributed by atoms with Crippen LogP contribution in [0.5, 0.6) is 0 Å². The normalized spacial score (nSPS) is 21.7. The first-order chi connectivity index (χ1) is 11.2. The molecule has 1 aromatic rings. The van der Waals surface area contributed by atoms with Gasteiger partial charge in [-0.05, 0) is 63.0 Å². The van der Waals surface area contributed by atoms with E-state index in [2.05, 4.69) is 21.6 Å². The Morgan fingerprint density at radius 1 is 1.24 bits per heavy atom. The lowest BCUT2D eigenvalue weighted by Crippen LogP contribution is -2.48. The van der Waals surface area contributed by atoms with E-state index < -0.39 is 0 Å². The van der Waals surface area contributed by atoms with Gasteiger partial charge in [0.05, 0.1) is 12.1 Å². The van der Waals surface area contributed by atoms with E-state index >= 15 is 0 Å². The second-order valence-electron chi connectivity index (χ2n) is 6.56. The largest absolute Gasteiger partial charge is 0.353 e. The number of likely N-dealkylation sites (tertiary alicyclic amines) is 1. The minimum absolute atomic E-state index is 0. The van der Waals surface area contributed by atoms with Gasteiger partial charge < -0.3 is 10.6 Å². The Balaban J connectivity index is 0.00000156. The molecule has 25 heavy (non-hydrogen) atoms. The average molecular weight is 409 g/mol. The molecule has 0 radical (unpaired) electrons. The Morgan fingerprint density at radius 2 is 2.00 bits per heavy atom. The molecule has 0 bridgehead atoms. The summed E-state index contributed by atoms with van der Waals surface area (Å²) >= 11 is 6.16. The number of nitrogens with one attached hydrogen (secondary N) is 2. The fraction of sp³-hybridized carbons (Fsp3) is 0.611. The van der Waals surface area contributed by atoms with Crippen LogP contribution >= 0.6 is 36.4 Å². The van der Waals surface area contributed by atoms with E-state index in [0.29, 0.717) is 6.54 Å². The van der Waals surface area contributed by atoms with E-state index in [0.717, 1.165) is 37.5 Å². The van der Waals surface area contributed by atoms with Crippen LogP contribution in [-0.4, -0.2) is 43.0 Å². The quantitative estimate of drug-likeness (QED) is 0.782. The van der Waals surface area contributed by atoms with Crippen molar-refractivity contribution >= 4 is 42.3 Å². The number of hydrogen-bond donors (Lipinski definition) is 2. The van der Waals surface area contributed by atoms with Crippen molar-refractivity contribution in [3.63, 3.8) is 0 Å². The molecule has 2 heterocycles. The predicted molar refractivity (Wildman–Crippen MR) is 108 cm³/mol. The van der Waals surface area contributed by atoms with Crippen LogP contribution in [0.25, 0.3) is 0 Å². The van der Waals surface area contributed by atoms with Crippen LogP contribution in [0.15, 0.2) is 24.3 Å². The molecule has 142 valence electrons. The third-order valence-corrected chi connectivity index (χ3v) is 5.15. The fourth-order valence-electron chi connectivity index (χ4n) is 3.62. The number of benzene rings is 1. The van der Waals surface area contributed by atoms with Crippen molar-refractivity contribution in [2.45, 2.75) is 44.2 Å². The molecule has 0 aromatic heterocycles.